The van der Waals surface area contributed by atoms with E-state index in [1.807, 2.05) is 0 Å². The van der Waals surface area contributed by atoms with Gasteiger partial charge in [-0.3, -0.25) is 19.5 Å². The summed E-state index contributed by atoms with van der Waals surface area (Å²) in [6.45, 7) is 0.0119. The van der Waals surface area contributed by atoms with E-state index in [0.717, 1.165) is 18.5 Å². The molecule has 7 heteroatoms. The molecule has 1 saturated carbocycles. The third kappa shape index (κ3) is 3.29. The van der Waals surface area contributed by atoms with Crippen molar-refractivity contribution in [1.29, 1.82) is 0 Å². The van der Waals surface area contributed by atoms with Crippen molar-refractivity contribution >= 4 is 5.69 Å². The van der Waals surface area contributed by atoms with Gasteiger partial charge < -0.3 is 5.11 Å². The van der Waals surface area contributed by atoms with Gasteiger partial charge in [0.1, 0.15) is 0 Å². The minimum absolute atomic E-state index is 0.0119. The van der Waals surface area contributed by atoms with E-state index in [1.54, 1.807) is 6.07 Å². The molecule has 1 aliphatic carbocycles. The van der Waals surface area contributed by atoms with Crippen molar-refractivity contribution in [2.75, 3.05) is 0 Å². The quantitative estimate of drug-likeness (QED) is 0.673. The van der Waals surface area contributed by atoms with Gasteiger partial charge in [-0.2, -0.15) is 0 Å². The minimum Gasteiger partial charge on any atom is -0.387 e. The summed E-state index contributed by atoms with van der Waals surface area (Å²) in [7, 11) is 0. The van der Waals surface area contributed by atoms with E-state index < -0.39 is 11.0 Å². The Morgan fingerprint density at radius 1 is 1.39 bits per heavy atom. The molecule has 120 valence electrons. The number of hydrogen-bond donors (Lipinski definition) is 1. The topological polar surface area (TPSA) is 98.3 Å². The molecule has 0 bridgehead atoms. The van der Waals surface area contributed by atoms with Crippen molar-refractivity contribution in [2.24, 2.45) is 0 Å². The normalized spacial score (nSPS) is 15.9. The number of nitrogens with zero attached hydrogens (tertiary/aromatic N) is 3. The summed E-state index contributed by atoms with van der Waals surface area (Å²) >= 11 is 0. The third-order valence-corrected chi connectivity index (χ3v) is 4.26. The lowest BCUT2D eigenvalue weighted by atomic mass is 9.83. The molecule has 0 amide bonds. The van der Waals surface area contributed by atoms with Crippen molar-refractivity contribution in [3.63, 3.8) is 0 Å². The maximum absolute atomic E-state index is 12.1. The zero-order chi connectivity index (χ0) is 16.4. The summed E-state index contributed by atoms with van der Waals surface area (Å²) in [4.78, 5) is 26.7. The third-order valence-electron chi connectivity index (χ3n) is 4.26. The summed E-state index contributed by atoms with van der Waals surface area (Å²) in [6.07, 6.45) is 3.72. The Labute approximate surface area is 132 Å². The van der Waals surface area contributed by atoms with Crippen molar-refractivity contribution in [2.45, 2.75) is 37.8 Å². The lowest BCUT2D eigenvalue weighted by molar-refractivity contribution is -0.385. The number of non-ortho nitro benzene ring substituents is 1. The molecule has 1 N–H and O–H groups in total. The summed E-state index contributed by atoms with van der Waals surface area (Å²) in [5.41, 5.74) is 0.898. The van der Waals surface area contributed by atoms with Crippen molar-refractivity contribution in [3.8, 4) is 0 Å². The average molecular weight is 315 g/mol. The van der Waals surface area contributed by atoms with Crippen LogP contribution in [0.15, 0.2) is 41.5 Å². The van der Waals surface area contributed by atoms with Gasteiger partial charge in [0.2, 0.25) is 0 Å². The van der Waals surface area contributed by atoms with Crippen LogP contribution < -0.4 is 5.56 Å². The number of rotatable bonds is 5. The van der Waals surface area contributed by atoms with Crippen LogP contribution in [0.3, 0.4) is 0 Å². The largest absolute Gasteiger partial charge is 0.387 e. The minimum atomic E-state index is -1.01. The lowest BCUT2D eigenvalue weighted by Gasteiger charge is -2.24. The fraction of sp³-hybridized carbons (Fsp3) is 0.375. The maximum Gasteiger partial charge on any atom is 0.269 e. The van der Waals surface area contributed by atoms with E-state index >= 15 is 0 Å². The van der Waals surface area contributed by atoms with E-state index in [2.05, 4.69) is 4.98 Å². The number of aliphatic hydroxyl groups is 1. The van der Waals surface area contributed by atoms with Crippen LogP contribution in [0.5, 0.6) is 0 Å². The summed E-state index contributed by atoms with van der Waals surface area (Å²) in [5, 5.41) is 21.0. The molecular formula is C16H17N3O4. The number of nitro groups is 1. The van der Waals surface area contributed by atoms with Crippen molar-refractivity contribution < 1.29 is 10.0 Å². The fourth-order valence-corrected chi connectivity index (χ4v) is 2.64. The molecule has 1 aromatic carbocycles. The van der Waals surface area contributed by atoms with Gasteiger partial charge in [0.05, 0.1) is 29.6 Å². The first-order valence-electron chi connectivity index (χ1n) is 7.53. The first-order chi connectivity index (χ1) is 11.0. The van der Waals surface area contributed by atoms with Gasteiger partial charge in [0.15, 0.2) is 0 Å². The zero-order valence-corrected chi connectivity index (χ0v) is 12.5. The Morgan fingerprint density at radius 3 is 2.78 bits per heavy atom. The van der Waals surface area contributed by atoms with Crippen LogP contribution in [0, 0.1) is 10.1 Å². The number of benzene rings is 1. The highest BCUT2D eigenvalue weighted by Gasteiger charge is 2.21. The van der Waals surface area contributed by atoms with Crippen molar-refractivity contribution in [3.05, 3.63) is 68.4 Å². The highest BCUT2D eigenvalue weighted by Crippen LogP contribution is 2.34. The van der Waals surface area contributed by atoms with Gasteiger partial charge in [0, 0.05) is 24.1 Å². The molecule has 1 unspecified atom stereocenters. The second-order valence-electron chi connectivity index (χ2n) is 5.80. The first kappa shape index (κ1) is 15.4. The van der Waals surface area contributed by atoms with Crippen LogP contribution in [0.4, 0.5) is 5.69 Å². The Morgan fingerprint density at radius 2 is 2.17 bits per heavy atom. The fourth-order valence-electron chi connectivity index (χ4n) is 2.64. The molecule has 0 radical (unpaired) electrons. The van der Waals surface area contributed by atoms with Crippen LogP contribution in [-0.2, 0) is 6.54 Å². The SMILES string of the molecule is O=c1cc(C2CCC2)ncn1CC(O)c1cccc([N+](=O)[O-])c1. The Balaban J connectivity index is 1.77. The Bertz CT molecular complexity index is 783. The lowest BCUT2D eigenvalue weighted by Crippen LogP contribution is -2.25. The summed E-state index contributed by atoms with van der Waals surface area (Å²) in [5.74, 6) is 0.374. The molecule has 1 aromatic heterocycles. The second-order valence-corrected chi connectivity index (χ2v) is 5.80. The molecule has 7 nitrogen and oxygen atoms in total. The van der Waals surface area contributed by atoms with E-state index in [0.29, 0.717) is 11.5 Å². The maximum atomic E-state index is 12.1. The van der Waals surface area contributed by atoms with Crippen LogP contribution in [0.1, 0.15) is 42.5 Å². The molecule has 1 aliphatic rings. The highest BCUT2D eigenvalue weighted by molar-refractivity contribution is 5.35. The van der Waals surface area contributed by atoms with Gasteiger partial charge >= 0.3 is 0 Å². The van der Waals surface area contributed by atoms with E-state index in [1.165, 1.54) is 41.6 Å². The molecule has 1 fully saturated rings. The molecule has 1 heterocycles. The molecule has 23 heavy (non-hydrogen) atoms. The molecule has 0 aliphatic heterocycles. The number of aliphatic hydroxyl groups excluding tert-OH is 1. The van der Waals surface area contributed by atoms with E-state index in [-0.39, 0.29) is 17.8 Å². The number of hydrogen-bond acceptors (Lipinski definition) is 5. The monoisotopic (exact) mass is 315 g/mol. The summed E-state index contributed by atoms with van der Waals surface area (Å²) < 4.78 is 1.33. The predicted molar refractivity (Wildman–Crippen MR) is 83.1 cm³/mol. The van der Waals surface area contributed by atoms with E-state index in [4.69, 9.17) is 0 Å². The smallest absolute Gasteiger partial charge is 0.269 e. The van der Waals surface area contributed by atoms with E-state index in [9.17, 15) is 20.0 Å². The van der Waals surface area contributed by atoms with Crippen LogP contribution in [0.25, 0.3) is 0 Å². The number of nitro benzene ring substituents is 1. The molecule has 3 rings (SSSR count). The van der Waals surface area contributed by atoms with Crippen LogP contribution in [-0.4, -0.2) is 19.6 Å². The standard InChI is InChI=1S/C16H17N3O4/c20-15(12-5-2-6-13(7-12)19(22)23)9-18-10-17-14(8-16(18)21)11-3-1-4-11/h2,5-8,10-11,15,20H,1,3-4,9H2. The predicted octanol–water partition coefficient (Wildman–Crippen LogP) is 2.15. The second kappa shape index (κ2) is 6.29. The summed E-state index contributed by atoms with van der Waals surface area (Å²) in [6, 6.07) is 7.30. The van der Waals surface area contributed by atoms with Gasteiger partial charge in [0.25, 0.3) is 11.2 Å². The van der Waals surface area contributed by atoms with Gasteiger partial charge in [-0.15, -0.1) is 0 Å². The Kier molecular flexibility index (Phi) is 4.20. The molecule has 0 spiro atoms. The van der Waals surface area contributed by atoms with Gasteiger partial charge in [-0.05, 0) is 18.4 Å². The average Bonchev–Trinajstić information content (AvgIpc) is 2.48. The van der Waals surface area contributed by atoms with Gasteiger partial charge in [-0.1, -0.05) is 18.6 Å². The zero-order valence-electron chi connectivity index (χ0n) is 12.5. The Hall–Kier alpha value is -2.54. The van der Waals surface area contributed by atoms with Gasteiger partial charge in [-0.25, -0.2) is 4.98 Å². The van der Waals surface area contributed by atoms with Crippen molar-refractivity contribution in [1.82, 2.24) is 9.55 Å². The molecular weight excluding hydrogens is 298 g/mol. The first-order valence-corrected chi connectivity index (χ1v) is 7.53. The molecule has 0 saturated heterocycles. The molecule has 2 aromatic rings. The molecule has 1 atom stereocenters. The van der Waals surface area contributed by atoms with Crippen LogP contribution >= 0.6 is 0 Å². The number of aromatic nitrogens is 2. The van der Waals surface area contributed by atoms with Crippen LogP contribution in [0.2, 0.25) is 0 Å². The highest BCUT2D eigenvalue weighted by atomic mass is 16.6.